The second kappa shape index (κ2) is 8.84. The number of rotatable bonds is 8. The van der Waals surface area contributed by atoms with E-state index in [1.807, 2.05) is 20.8 Å². The fraction of sp³-hybridized carbons (Fsp3) is 0.389. The highest BCUT2D eigenvalue weighted by atomic mass is 32.2. The van der Waals surface area contributed by atoms with Crippen molar-refractivity contribution in [1.29, 1.82) is 0 Å². The van der Waals surface area contributed by atoms with Gasteiger partial charge < -0.3 is 9.47 Å². The molecule has 0 bridgehead atoms. The monoisotopic (exact) mass is 379 g/mol. The molecular formula is C18H22FN3O3S. The number of halogens is 1. The predicted molar refractivity (Wildman–Crippen MR) is 97.5 cm³/mol. The molecule has 0 amide bonds. The molecule has 0 aliphatic rings. The first-order valence-electron chi connectivity index (χ1n) is 8.05. The molecule has 0 N–H and O–H groups in total. The molecule has 2 aromatic rings. The molecular weight excluding hydrogens is 357 g/mol. The van der Waals surface area contributed by atoms with Crippen molar-refractivity contribution < 1.29 is 18.7 Å². The highest BCUT2D eigenvalue weighted by Gasteiger charge is 2.19. The Morgan fingerprint density at radius 3 is 2.73 bits per heavy atom. The van der Waals surface area contributed by atoms with Crippen molar-refractivity contribution >= 4 is 17.7 Å². The van der Waals surface area contributed by atoms with E-state index < -0.39 is 11.4 Å². The van der Waals surface area contributed by atoms with Gasteiger partial charge in [-0.05, 0) is 32.9 Å². The van der Waals surface area contributed by atoms with Gasteiger partial charge in [0.1, 0.15) is 12.2 Å². The van der Waals surface area contributed by atoms with E-state index in [4.69, 9.17) is 9.47 Å². The zero-order chi connectivity index (χ0) is 19.2. The van der Waals surface area contributed by atoms with Crippen LogP contribution in [0.4, 0.5) is 4.39 Å². The van der Waals surface area contributed by atoms with Crippen LogP contribution in [0.25, 0.3) is 0 Å². The van der Waals surface area contributed by atoms with Crippen LogP contribution in [0.1, 0.15) is 26.6 Å². The summed E-state index contributed by atoms with van der Waals surface area (Å²) in [4.78, 5) is 11.9. The predicted octanol–water partition coefficient (Wildman–Crippen LogP) is 3.62. The second-order valence-corrected chi connectivity index (χ2v) is 7.33. The third-order valence-corrected chi connectivity index (χ3v) is 3.98. The molecule has 0 spiro atoms. The number of allylic oxidation sites excluding steroid dienone is 1. The van der Waals surface area contributed by atoms with Gasteiger partial charge in [-0.3, -0.25) is 9.36 Å². The topological polar surface area (TPSA) is 66.2 Å². The Labute approximate surface area is 156 Å². The van der Waals surface area contributed by atoms with Crippen molar-refractivity contribution in [2.75, 3.05) is 5.75 Å². The summed E-state index contributed by atoms with van der Waals surface area (Å²) in [7, 11) is 0. The smallest absolute Gasteiger partial charge is 0.316 e. The first-order valence-corrected chi connectivity index (χ1v) is 9.03. The van der Waals surface area contributed by atoms with Crippen LogP contribution in [-0.2, 0) is 22.7 Å². The van der Waals surface area contributed by atoms with Crippen molar-refractivity contribution in [3.8, 4) is 5.75 Å². The summed E-state index contributed by atoms with van der Waals surface area (Å²) in [6, 6.07) is 6.15. The Hall–Kier alpha value is -2.35. The van der Waals surface area contributed by atoms with Crippen LogP contribution in [0.3, 0.4) is 0 Å². The van der Waals surface area contributed by atoms with E-state index in [9.17, 15) is 9.18 Å². The van der Waals surface area contributed by atoms with Crippen molar-refractivity contribution in [2.45, 2.75) is 44.7 Å². The molecule has 1 aromatic heterocycles. The summed E-state index contributed by atoms with van der Waals surface area (Å²) in [5.41, 5.74) is -0.537. The number of hydrogen-bond acceptors (Lipinski definition) is 6. The lowest BCUT2D eigenvalue weighted by Crippen LogP contribution is -2.25. The zero-order valence-corrected chi connectivity index (χ0v) is 15.9. The normalized spacial score (nSPS) is 11.2. The van der Waals surface area contributed by atoms with E-state index in [0.29, 0.717) is 17.5 Å². The van der Waals surface area contributed by atoms with E-state index in [0.717, 1.165) is 0 Å². The highest BCUT2D eigenvalue weighted by molar-refractivity contribution is 7.99. The molecule has 0 aliphatic carbocycles. The molecule has 2 rings (SSSR count). The van der Waals surface area contributed by atoms with Crippen LogP contribution in [-0.4, -0.2) is 32.1 Å². The number of nitrogens with zero attached hydrogens (tertiary/aromatic N) is 3. The minimum Gasteiger partial charge on any atom is -0.483 e. The van der Waals surface area contributed by atoms with Gasteiger partial charge in [0.15, 0.2) is 22.5 Å². The number of carbonyl (C=O) groups is 1. The van der Waals surface area contributed by atoms with Gasteiger partial charge in [-0.2, -0.15) is 0 Å². The van der Waals surface area contributed by atoms with Gasteiger partial charge in [0.2, 0.25) is 0 Å². The van der Waals surface area contributed by atoms with E-state index in [2.05, 4.69) is 16.8 Å². The fourth-order valence-electron chi connectivity index (χ4n) is 2.04. The quantitative estimate of drug-likeness (QED) is 0.397. The summed E-state index contributed by atoms with van der Waals surface area (Å²) >= 11 is 1.22. The van der Waals surface area contributed by atoms with E-state index in [1.165, 1.54) is 17.8 Å². The number of benzene rings is 1. The number of hydrogen-bond donors (Lipinski definition) is 0. The SMILES string of the molecule is C=CCn1c(COc2ccccc2F)nnc1SCC(=O)OC(C)(C)C. The van der Waals surface area contributed by atoms with Crippen LogP contribution < -0.4 is 4.74 Å². The lowest BCUT2D eigenvalue weighted by molar-refractivity contribution is -0.151. The summed E-state index contributed by atoms with van der Waals surface area (Å²) in [6.07, 6.45) is 1.69. The van der Waals surface area contributed by atoms with Gasteiger partial charge in [0.05, 0.1) is 5.75 Å². The Kier molecular flexibility index (Phi) is 6.79. The lowest BCUT2D eigenvalue weighted by atomic mass is 10.2. The largest absolute Gasteiger partial charge is 0.483 e. The van der Waals surface area contributed by atoms with Gasteiger partial charge >= 0.3 is 5.97 Å². The van der Waals surface area contributed by atoms with Gasteiger partial charge in [-0.15, -0.1) is 16.8 Å². The molecule has 0 atom stereocenters. The average Bonchev–Trinajstić information content (AvgIpc) is 2.93. The van der Waals surface area contributed by atoms with Crippen LogP contribution in [0.5, 0.6) is 5.75 Å². The maximum absolute atomic E-state index is 13.7. The molecule has 1 heterocycles. The van der Waals surface area contributed by atoms with Gasteiger partial charge in [-0.1, -0.05) is 30.0 Å². The van der Waals surface area contributed by atoms with Gasteiger partial charge in [-0.25, -0.2) is 4.39 Å². The number of carbonyl (C=O) groups excluding carboxylic acids is 1. The Balaban J connectivity index is 2.04. The molecule has 6 nitrogen and oxygen atoms in total. The first-order chi connectivity index (χ1) is 12.3. The summed E-state index contributed by atoms with van der Waals surface area (Å²) in [5, 5.41) is 8.71. The molecule has 1 aromatic carbocycles. The molecule has 8 heteroatoms. The molecule has 0 unspecified atom stereocenters. The van der Waals surface area contributed by atoms with E-state index >= 15 is 0 Å². The highest BCUT2D eigenvalue weighted by Crippen LogP contribution is 2.21. The van der Waals surface area contributed by atoms with Crippen molar-refractivity contribution in [3.05, 3.63) is 48.6 Å². The minimum absolute atomic E-state index is 0.0504. The van der Waals surface area contributed by atoms with E-state index in [1.54, 1.807) is 28.8 Å². The fourth-order valence-corrected chi connectivity index (χ4v) is 2.78. The summed E-state index contributed by atoms with van der Waals surface area (Å²) in [6.45, 7) is 9.65. The molecule has 0 saturated carbocycles. The summed E-state index contributed by atoms with van der Waals surface area (Å²) < 4.78 is 26.2. The number of para-hydroxylation sites is 1. The Morgan fingerprint density at radius 1 is 1.35 bits per heavy atom. The van der Waals surface area contributed by atoms with Crippen LogP contribution in [0, 0.1) is 5.82 Å². The number of aromatic nitrogens is 3. The van der Waals surface area contributed by atoms with Crippen molar-refractivity contribution in [3.63, 3.8) is 0 Å². The third kappa shape index (κ3) is 5.87. The zero-order valence-electron chi connectivity index (χ0n) is 15.1. The maximum atomic E-state index is 13.7. The average molecular weight is 379 g/mol. The Bertz CT molecular complexity index is 771. The molecule has 140 valence electrons. The minimum atomic E-state index is -0.537. The number of thioether (sulfide) groups is 1. The lowest BCUT2D eigenvalue weighted by Gasteiger charge is -2.19. The van der Waals surface area contributed by atoms with Crippen LogP contribution in [0.2, 0.25) is 0 Å². The van der Waals surface area contributed by atoms with Gasteiger partial charge in [0.25, 0.3) is 0 Å². The van der Waals surface area contributed by atoms with Gasteiger partial charge in [0, 0.05) is 6.54 Å². The van der Waals surface area contributed by atoms with Crippen molar-refractivity contribution in [2.24, 2.45) is 0 Å². The third-order valence-electron chi connectivity index (χ3n) is 3.04. The maximum Gasteiger partial charge on any atom is 0.316 e. The number of ether oxygens (including phenoxy) is 2. The first kappa shape index (κ1) is 20.0. The molecule has 0 radical (unpaired) electrons. The van der Waals surface area contributed by atoms with Crippen LogP contribution in [0.15, 0.2) is 42.1 Å². The number of esters is 1. The second-order valence-electron chi connectivity index (χ2n) is 6.39. The summed E-state index contributed by atoms with van der Waals surface area (Å²) in [5.74, 6) is -0.00848. The van der Waals surface area contributed by atoms with Crippen LogP contribution >= 0.6 is 11.8 Å². The van der Waals surface area contributed by atoms with E-state index in [-0.39, 0.29) is 24.1 Å². The molecule has 0 fully saturated rings. The molecule has 0 aliphatic heterocycles. The molecule has 26 heavy (non-hydrogen) atoms. The Morgan fingerprint density at radius 2 is 2.08 bits per heavy atom. The molecule has 0 saturated heterocycles. The standard InChI is InChI=1S/C18H22FN3O3S/c1-5-10-22-15(11-24-14-9-7-6-8-13(14)19)20-21-17(22)26-12-16(23)25-18(2,3)4/h5-9H,1,10-12H2,2-4H3. The van der Waals surface area contributed by atoms with Crippen molar-refractivity contribution in [1.82, 2.24) is 14.8 Å².